The SMILES string of the molecule is Cc1cccc(C(=O)O)c1NC(=O)c1cc(O)cc(O)c1. The topological polar surface area (TPSA) is 107 Å². The Labute approximate surface area is 120 Å². The summed E-state index contributed by atoms with van der Waals surface area (Å²) in [6.45, 7) is 1.67. The average Bonchev–Trinajstić information content (AvgIpc) is 2.39. The van der Waals surface area contributed by atoms with E-state index in [1.807, 2.05) is 0 Å². The summed E-state index contributed by atoms with van der Waals surface area (Å²) >= 11 is 0. The highest BCUT2D eigenvalue weighted by molar-refractivity contribution is 6.08. The maximum atomic E-state index is 12.1. The molecule has 0 saturated heterocycles. The van der Waals surface area contributed by atoms with Gasteiger partial charge in [0.05, 0.1) is 11.3 Å². The fraction of sp³-hybridized carbons (Fsp3) is 0.0667. The Morgan fingerprint density at radius 2 is 1.67 bits per heavy atom. The molecule has 0 bridgehead atoms. The summed E-state index contributed by atoms with van der Waals surface area (Å²) in [5, 5.41) is 30.4. The quantitative estimate of drug-likeness (QED) is 0.693. The van der Waals surface area contributed by atoms with Crippen LogP contribution in [0.25, 0.3) is 0 Å². The van der Waals surface area contributed by atoms with Crippen molar-refractivity contribution in [2.45, 2.75) is 6.92 Å². The molecule has 0 saturated carbocycles. The van der Waals surface area contributed by atoms with Gasteiger partial charge in [-0.05, 0) is 30.7 Å². The number of para-hydroxylation sites is 1. The molecule has 1 amide bonds. The van der Waals surface area contributed by atoms with Crippen molar-refractivity contribution in [3.63, 3.8) is 0 Å². The molecule has 6 heteroatoms. The van der Waals surface area contributed by atoms with E-state index in [4.69, 9.17) is 5.11 Å². The minimum atomic E-state index is -1.16. The van der Waals surface area contributed by atoms with Gasteiger partial charge in [0.1, 0.15) is 11.5 Å². The summed E-state index contributed by atoms with van der Waals surface area (Å²) in [6, 6.07) is 8.07. The minimum absolute atomic E-state index is 0.0205. The van der Waals surface area contributed by atoms with Crippen molar-refractivity contribution in [3.8, 4) is 11.5 Å². The number of carbonyl (C=O) groups is 2. The van der Waals surface area contributed by atoms with Crippen molar-refractivity contribution in [3.05, 3.63) is 53.1 Å². The molecule has 0 radical (unpaired) electrons. The molecule has 2 aromatic carbocycles. The summed E-state index contributed by atoms with van der Waals surface area (Å²) in [6.07, 6.45) is 0. The van der Waals surface area contributed by atoms with Crippen LogP contribution in [0.2, 0.25) is 0 Å². The third-order valence-electron chi connectivity index (χ3n) is 2.91. The maximum Gasteiger partial charge on any atom is 0.337 e. The van der Waals surface area contributed by atoms with Crippen LogP contribution in [0.3, 0.4) is 0 Å². The maximum absolute atomic E-state index is 12.1. The Balaban J connectivity index is 2.38. The van der Waals surface area contributed by atoms with E-state index >= 15 is 0 Å². The van der Waals surface area contributed by atoms with Crippen LogP contribution in [0, 0.1) is 6.92 Å². The fourth-order valence-electron chi connectivity index (χ4n) is 1.92. The highest BCUT2D eigenvalue weighted by Gasteiger charge is 2.16. The molecule has 6 nitrogen and oxygen atoms in total. The van der Waals surface area contributed by atoms with Gasteiger partial charge in [-0.1, -0.05) is 12.1 Å². The summed E-state index contributed by atoms with van der Waals surface area (Å²) in [7, 11) is 0. The van der Waals surface area contributed by atoms with Crippen molar-refractivity contribution < 1.29 is 24.9 Å². The lowest BCUT2D eigenvalue weighted by molar-refractivity contribution is 0.0698. The first-order valence-electron chi connectivity index (χ1n) is 6.06. The molecule has 4 N–H and O–H groups in total. The molecule has 108 valence electrons. The normalized spacial score (nSPS) is 10.1. The number of anilines is 1. The molecule has 0 atom stereocenters. The Morgan fingerprint density at radius 3 is 2.24 bits per heavy atom. The predicted molar refractivity (Wildman–Crippen MR) is 75.9 cm³/mol. The van der Waals surface area contributed by atoms with Crippen LogP contribution < -0.4 is 5.32 Å². The lowest BCUT2D eigenvalue weighted by Crippen LogP contribution is -2.15. The Hall–Kier alpha value is -3.02. The number of rotatable bonds is 3. The van der Waals surface area contributed by atoms with Gasteiger partial charge < -0.3 is 20.6 Å². The standard InChI is InChI=1S/C15H13NO5/c1-8-3-2-4-12(15(20)21)13(8)16-14(19)9-5-10(17)7-11(18)6-9/h2-7,17-18H,1H3,(H,16,19)(H,20,21). The van der Waals surface area contributed by atoms with Gasteiger partial charge >= 0.3 is 5.97 Å². The van der Waals surface area contributed by atoms with E-state index in [1.165, 1.54) is 18.2 Å². The van der Waals surface area contributed by atoms with E-state index in [-0.39, 0.29) is 28.3 Å². The van der Waals surface area contributed by atoms with Gasteiger partial charge in [-0.3, -0.25) is 4.79 Å². The third-order valence-corrected chi connectivity index (χ3v) is 2.91. The second-order valence-electron chi connectivity index (χ2n) is 4.49. The van der Waals surface area contributed by atoms with Crippen LogP contribution in [0.4, 0.5) is 5.69 Å². The summed E-state index contributed by atoms with van der Waals surface area (Å²) in [5.74, 6) is -2.31. The van der Waals surface area contributed by atoms with Crippen LogP contribution >= 0.6 is 0 Å². The van der Waals surface area contributed by atoms with Crippen molar-refractivity contribution in [1.29, 1.82) is 0 Å². The van der Waals surface area contributed by atoms with Gasteiger partial charge in [0, 0.05) is 11.6 Å². The first-order chi connectivity index (χ1) is 9.88. The number of amides is 1. The Bertz CT molecular complexity index is 704. The molecule has 0 aliphatic carbocycles. The minimum Gasteiger partial charge on any atom is -0.508 e. The molecule has 2 rings (SSSR count). The van der Waals surface area contributed by atoms with E-state index in [0.717, 1.165) is 6.07 Å². The number of aryl methyl sites for hydroxylation is 1. The van der Waals surface area contributed by atoms with Gasteiger partial charge in [-0.2, -0.15) is 0 Å². The zero-order valence-electron chi connectivity index (χ0n) is 11.1. The van der Waals surface area contributed by atoms with Crippen LogP contribution in [-0.4, -0.2) is 27.2 Å². The van der Waals surface area contributed by atoms with E-state index in [2.05, 4.69) is 5.32 Å². The highest BCUT2D eigenvalue weighted by atomic mass is 16.4. The van der Waals surface area contributed by atoms with E-state index in [0.29, 0.717) is 5.56 Å². The summed E-state index contributed by atoms with van der Waals surface area (Å²) in [4.78, 5) is 23.3. The van der Waals surface area contributed by atoms with Crippen molar-refractivity contribution >= 4 is 17.6 Å². The van der Waals surface area contributed by atoms with E-state index in [9.17, 15) is 19.8 Å². The second kappa shape index (κ2) is 5.54. The largest absolute Gasteiger partial charge is 0.508 e. The second-order valence-corrected chi connectivity index (χ2v) is 4.49. The number of hydrogen-bond donors (Lipinski definition) is 4. The number of hydrogen-bond acceptors (Lipinski definition) is 4. The lowest BCUT2D eigenvalue weighted by atomic mass is 10.1. The van der Waals surface area contributed by atoms with Crippen molar-refractivity contribution in [1.82, 2.24) is 0 Å². The molecular weight excluding hydrogens is 274 g/mol. The molecule has 0 aliphatic rings. The smallest absolute Gasteiger partial charge is 0.337 e. The molecule has 21 heavy (non-hydrogen) atoms. The fourth-order valence-corrected chi connectivity index (χ4v) is 1.92. The molecule has 0 fully saturated rings. The number of benzene rings is 2. The number of carboxylic acids is 1. The Kier molecular flexibility index (Phi) is 3.80. The highest BCUT2D eigenvalue weighted by Crippen LogP contribution is 2.24. The third kappa shape index (κ3) is 3.11. The number of phenolic OH excluding ortho intramolecular Hbond substituents is 2. The summed E-state index contributed by atoms with van der Waals surface area (Å²) in [5.41, 5.74) is 0.755. The van der Waals surface area contributed by atoms with Gasteiger partial charge in [0.25, 0.3) is 5.91 Å². The van der Waals surface area contributed by atoms with Crippen LogP contribution in [-0.2, 0) is 0 Å². The van der Waals surface area contributed by atoms with Gasteiger partial charge in [-0.15, -0.1) is 0 Å². The number of aromatic hydroxyl groups is 2. The Morgan fingerprint density at radius 1 is 1.05 bits per heavy atom. The lowest BCUT2D eigenvalue weighted by Gasteiger charge is -2.11. The average molecular weight is 287 g/mol. The summed E-state index contributed by atoms with van der Waals surface area (Å²) < 4.78 is 0. The zero-order chi connectivity index (χ0) is 15.6. The number of nitrogens with one attached hydrogen (secondary N) is 1. The first kappa shape index (κ1) is 14.4. The number of aromatic carboxylic acids is 1. The molecular formula is C15H13NO5. The van der Waals surface area contributed by atoms with Gasteiger partial charge in [-0.25, -0.2) is 4.79 Å². The van der Waals surface area contributed by atoms with Crippen LogP contribution in [0.15, 0.2) is 36.4 Å². The van der Waals surface area contributed by atoms with Gasteiger partial charge in [0.15, 0.2) is 0 Å². The van der Waals surface area contributed by atoms with E-state index in [1.54, 1.807) is 19.1 Å². The molecule has 0 aliphatic heterocycles. The monoisotopic (exact) mass is 287 g/mol. The molecule has 2 aromatic rings. The van der Waals surface area contributed by atoms with Crippen molar-refractivity contribution in [2.24, 2.45) is 0 Å². The number of phenols is 2. The number of carbonyl (C=O) groups excluding carboxylic acids is 1. The first-order valence-corrected chi connectivity index (χ1v) is 6.06. The predicted octanol–water partition coefficient (Wildman–Crippen LogP) is 2.36. The molecule has 0 spiro atoms. The van der Waals surface area contributed by atoms with E-state index < -0.39 is 11.9 Å². The zero-order valence-corrected chi connectivity index (χ0v) is 11.1. The van der Waals surface area contributed by atoms with Gasteiger partial charge in [0.2, 0.25) is 0 Å². The number of carboxylic acid groups (broad SMARTS) is 1. The van der Waals surface area contributed by atoms with Crippen LogP contribution in [0.5, 0.6) is 11.5 Å². The molecule has 0 unspecified atom stereocenters. The van der Waals surface area contributed by atoms with Crippen molar-refractivity contribution in [2.75, 3.05) is 5.32 Å². The molecule has 0 heterocycles. The molecule has 0 aromatic heterocycles. The van der Waals surface area contributed by atoms with Crippen LogP contribution in [0.1, 0.15) is 26.3 Å².